The van der Waals surface area contributed by atoms with E-state index in [0.29, 0.717) is 11.1 Å². The standard InChI is InChI=1S/C12H21N/c1-2-4-6-8-11-10-12(11,13-11)9-7-5-3-1/h13H,1-10H2. The van der Waals surface area contributed by atoms with Gasteiger partial charge in [-0.1, -0.05) is 44.9 Å². The quantitative estimate of drug-likeness (QED) is 0.567. The maximum Gasteiger partial charge on any atom is 0.0388 e. The maximum atomic E-state index is 3.74. The summed E-state index contributed by atoms with van der Waals surface area (Å²) < 4.78 is 0. The minimum absolute atomic E-state index is 0.692. The van der Waals surface area contributed by atoms with E-state index in [9.17, 15) is 0 Å². The molecular formula is C12H21N. The summed E-state index contributed by atoms with van der Waals surface area (Å²) in [5, 5.41) is 3.74. The summed E-state index contributed by atoms with van der Waals surface area (Å²) in [6.07, 6.45) is 14.9. The molecule has 2 atom stereocenters. The second kappa shape index (κ2) is 2.73. The lowest BCUT2D eigenvalue weighted by atomic mass is 10.1. The van der Waals surface area contributed by atoms with Crippen LogP contribution in [-0.2, 0) is 0 Å². The largest absolute Gasteiger partial charge is 0.302 e. The van der Waals surface area contributed by atoms with Gasteiger partial charge >= 0.3 is 0 Å². The molecule has 74 valence electrons. The van der Waals surface area contributed by atoms with Crippen LogP contribution in [0, 0.1) is 0 Å². The van der Waals surface area contributed by atoms with Crippen LogP contribution < -0.4 is 5.32 Å². The Kier molecular flexibility index (Phi) is 1.74. The van der Waals surface area contributed by atoms with E-state index in [1.807, 2.05) is 0 Å². The molecule has 3 rings (SSSR count). The third-order valence-corrected chi connectivity index (χ3v) is 4.52. The van der Waals surface area contributed by atoms with Gasteiger partial charge in [0.05, 0.1) is 0 Å². The van der Waals surface area contributed by atoms with Crippen molar-refractivity contribution in [3.05, 3.63) is 0 Å². The molecule has 1 N–H and O–H groups in total. The van der Waals surface area contributed by atoms with Crippen molar-refractivity contribution in [1.82, 2.24) is 5.32 Å². The summed E-state index contributed by atoms with van der Waals surface area (Å²) in [6, 6.07) is 0. The third kappa shape index (κ3) is 1.24. The summed E-state index contributed by atoms with van der Waals surface area (Å²) in [5.74, 6) is 0. The van der Waals surface area contributed by atoms with Crippen molar-refractivity contribution in [2.24, 2.45) is 0 Å². The highest BCUT2D eigenvalue weighted by Crippen LogP contribution is 2.67. The summed E-state index contributed by atoms with van der Waals surface area (Å²) in [4.78, 5) is 0. The fourth-order valence-corrected chi connectivity index (χ4v) is 3.40. The molecular weight excluding hydrogens is 158 g/mol. The molecule has 0 bridgehead atoms. The van der Waals surface area contributed by atoms with Crippen molar-refractivity contribution in [1.29, 1.82) is 0 Å². The Bertz CT molecular complexity index is 183. The van der Waals surface area contributed by atoms with Crippen LogP contribution in [-0.4, -0.2) is 11.1 Å². The van der Waals surface area contributed by atoms with Crippen LogP contribution in [0.1, 0.15) is 64.2 Å². The molecule has 0 amide bonds. The Morgan fingerprint density at radius 1 is 0.615 bits per heavy atom. The third-order valence-electron chi connectivity index (χ3n) is 4.52. The number of hydrogen-bond acceptors (Lipinski definition) is 1. The molecule has 13 heavy (non-hydrogen) atoms. The fourth-order valence-electron chi connectivity index (χ4n) is 3.40. The monoisotopic (exact) mass is 179 g/mol. The van der Waals surface area contributed by atoms with E-state index in [1.165, 1.54) is 64.2 Å². The molecule has 1 aliphatic heterocycles. The van der Waals surface area contributed by atoms with Crippen LogP contribution in [0.15, 0.2) is 0 Å². The van der Waals surface area contributed by atoms with Crippen LogP contribution in [0.25, 0.3) is 0 Å². The van der Waals surface area contributed by atoms with Gasteiger partial charge in [0.1, 0.15) is 0 Å². The number of nitrogens with one attached hydrogen (secondary N) is 1. The van der Waals surface area contributed by atoms with Gasteiger partial charge in [-0.3, -0.25) is 0 Å². The molecule has 0 aromatic carbocycles. The van der Waals surface area contributed by atoms with Crippen molar-refractivity contribution in [3.63, 3.8) is 0 Å². The van der Waals surface area contributed by atoms with Crippen LogP contribution in [0.2, 0.25) is 0 Å². The minimum atomic E-state index is 0.692. The van der Waals surface area contributed by atoms with E-state index >= 15 is 0 Å². The lowest BCUT2D eigenvalue weighted by Crippen LogP contribution is -2.12. The molecule has 1 heteroatoms. The first-order chi connectivity index (χ1) is 6.37. The Morgan fingerprint density at radius 2 is 1.00 bits per heavy atom. The van der Waals surface area contributed by atoms with E-state index in [-0.39, 0.29) is 0 Å². The van der Waals surface area contributed by atoms with Gasteiger partial charge in [0.15, 0.2) is 0 Å². The van der Waals surface area contributed by atoms with E-state index in [2.05, 4.69) is 5.32 Å². The van der Waals surface area contributed by atoms with Crippen LogP contribution in [0.3, 0.4) is 0 Å². The van der Waals surface area contributed by atoms with Gasteiger partial charge in [0, 0.05) is 11.1 Å². The lowest BCUT2D eigenvalue weighted by molar-refractivity contribution is 0.508. The molecule has 3 aliphatic rings. The van der Waals surface area contributed by atoms with Gasteiger partial charge in [-0.25, -0.2) is 0 Å². The SMILES string of the molecule is C1CCCCC23CC2(CCCC1)N3. The molecule has 3 fully saturated rings. The molecule has 2 saturated carbocycles. The first-order valence-electron chi connectivity index (χ1n) is 6.16. The van der Waals surface area contributed by atoms with Gasteiger partial charge in [-0.05, 0) is 19.3 Å². The zero-order valence-electron chi connectivity index (χ0n) is 8.57. The van der Waals surface area contributed by atoms with Gasteiger partial charge in [0.25, 0.3) is 0 Å². The van der Waals surface area contributed by atoms with Crippen molar-refractivity contribution in [2.75, 3.05) is 0 Å². The summed E-state index contributed by atoms with van der Waals surface area (Å²) >= 11 is 0. The molecule has 1 nitrogen and oxygen atoms in total. The van der Waals surface area contributed by atoms with Gasteiger partial charge in [0.2, 0.25) is 0 Å². The van der Waals surface area contributed by atoms with Crippen molar-refractivity contribution in [3.8, 4) is 0 Å². The molecule has 0 radical (unpaired) electrons. The predicted molar refractivity (Wildman–Crippen MR) is 54.8 cm³/mol. The molecule has 2 unspecified atom stereocenters. The Labute approximate surface area is 81.3 Å². The molecule has 0 spiro atoms. The maximum absolute atomic E-state index is 3.74. The molecule has 0 aromatic rings. The van der Waals surface area contributed by atoms with Crippen LogP contribution >= 0.6 is 0 Å². The molecule has 1 heterocycles. The van der Waals surface area contributed by atoms with E-state index < -0.39 is 0 Å². The predicted octanol–water partition coefficient (Wildman–Crippen LogP) is 3.00. The summed E-state index contributed by atoms with van der Waals surface area (Å²) in [6.45, 7) is 0. The Balaban J connectivity index is 1.57. The minimum Gasteiger partial charge on any atom is -0.302 e. The average molecular weight is 179 g/mol. The van der Waals surface area contributed by atoms with Gasteiger partial charge in [-0.2, -0.15) is 0 Å². The van der Waals surface area contributed by atoms with E-state index in [0.717, 1.165) is 0 Å². The Hall–Kier alpha value is -0.0400. The zero-order valence-corrected chi connectivity index (χ0v) is 8.57. The second-order valence-corrected chi connectivity index (χ2v) is 5.44. The lowest BCUT2D eigenvalue weighted by Gasteiger charge is -2.05. The van der Waals surface area contributed by atoms with Crippen molar-refractivity contribution >= 4 is 0 Å². The van der Waals surface area contributed by atoms with Gasteiger partial charge in [-0.15, -0.1) is 0 Å². The summed E-state index contributed by atoms with van der Waals surface area (Å²) in [7, 11) is 0. The fraction of sp³-hybridized carbons (Fsp3) is 1.00. The molecule has 1 saturated heterocycles. The van der Waals surface area contributed by atoms with Crippen molar-refractivity contribution < 1.29 is 0 Å². The average Bonchev–Trinajstić information content (AvgIpc) is 2.84. The van der Waals surface area contributed by atoms with Crippen molar-refractivity contribution in [2.45, 2.75) is 75.3 Å². The smallest absolute Gasteiger partial charge is 0.0388 e. The van der Waals surface area contributed by atoms with E-state index in [4.69, 9.17) is 0 Å². The zero-order chi connectivity index (χ0) is 8.78. The first-order valence-corrected chi connectivity index (χ1v) is 6.16. The highest BCUT2D eigenvalue weighted by atomic mass is 15.4. The number of hydrogen-bond donors (Lipinski definition) is 1. The normalized spacial score (nSPS) is 49.8. The summed E-state index contributed by atoms with van der Waals surface area (Å²) in [5.41, 5.74) is 1.38. The molecule has 2 aliphatic carbocycles. The molecule has 0 aromatic heterocycles. The van der Waals surface area contributed by atoms with E-state index in [1.54, 1.807) is 0 Å². The Morgan fingerprint density at radius 3 is 1.46 bits per heavy atom. The highest BCUT2D eigenvalue weighted by Gasteiger charge is 2.81. The highest BCUT2D eigenvalue weighted by molar-refractivity contribution is 5.43. The topological polar surface area (TPSA) is 21.9 Å². The van der Waals surface area contributed by atoms with Crippen LogP contribution in [0.4, 0.5) is 0 Å². The van der Waals surface area contributed by atoms with Crippen LogP contribution in [0.5, 0.6) is 0 Å². The number of rotatable bonds is 0. The second-order valence-electron chi connectivity index (χ2n) is 5.44. The van der Waals surface area contributed by atoms with Gasteiger partial charge < -0.3 is 5.32 Å². The first kappa shape index (κ1) is 8.28.